The number of rotatable bonds is 4. The van der Waals surface area contributed by atoms with Gasteiger partial charge in [-0.2, -0.15) is 0 Å². The van der Waals surface area contributed by atoms with Crippen LogP contribution in [0.2, 0.25) is 0 Å². The van der Waals surface area contributed by atoms with E-state index in [1.165, 1.54) is 0 Å². The summed E-state index contributed by atoms with van der Waals surface area (Å²) in [5.74, 6) is 0.696. The Hall–Kier alpha value is -1.40. The molecule has 0 spiro atoms. The van der Waals surface area contributed by atoms with E-state index in [4.69, 9.17) is 0 Å². The molecule has 1 aromatic rings. The van der Waals surface area contributed by atoms with Gasteiger partial charge >= 0.3 is 0 Å². The summed E-state index contributed by atoms with van der Waals surface area (Å²) in [6.07, 6.45) is 0. The van der Waals surface area contributed by atoms with Gasteiger partial charge in [0, 0.05) is 44.8 Å². The zero-order chi connectivity index (χ0) is 13.8. The Morgan fingerprint density at radius 1 is 1.37 bits per heavy atom. The van der Waals surface area contributed by atoms with Gasteiger partial charge in [0.1, 0.15) is 0 Å². The lowest BCUT2D eigenvalue weighted by molar-refractivity contribution is 0.311. The summed E-state index contributed by atoms with van der Waals surface area (Å²) in [6.45, 7) is 8.59. The largest absolute Gasteiger partial charge is 0.340 e. The van der Waals surface area contributed by atoms with Gasteiger partial charge in [-0.25, -0.2) is 4.98 Å². The topological polar surface area (TPSA) is 64.3 Å². The molecule has 2 heterocycles. The Morgan fingerprint density at radius 3 is 2.68 bits per heavy atom. The molecule has 0 saturated carbocycles. The van der Waals surface area contributed by atoms with Gasteiger partial charge in [0.05, 0.1) is 5.69 Å². The third-order valence-electron chi connectivity index (χ3n) is 3.28. The molecule has 0 aliphatic carbocycles. The van der Waals surface area contributed by atoms with E-state index in [1.807, 2.05) is 0 Å². The van der Waals surface area contributed by atoms with E-state index in [2.05, 4.69) is 46.0 Å². The van der Waals surface area contributed by atoms with Crippen LogP contribution in [0.3, 0.4) is 0 Å². The van der Waals surface area contributed by atoms with Crippen LogP contribution in [-0.4, -0.2) is 54.1 Å². The van der Waals surface area contributed by atoms with Crippen LogP contribution in [0.25, 0.3) is 0 Å². The summed E-state index contributed by atoms with van der Waals surface area (Å²) in [7, 11) is 2.11. The highest BCUT2D eigenvalue weighted by Crippen LogP contribution is 2.09. The molecule has 6 heteroatoms. The molecule has 1 aromatic heterocycles. The van der Waals surface area contributed by atoms with E-state index in [0.29, 0.717) is 18.5 Å². The number of nitrogens with one attached hydrogen (secondary N) is 2. The number of piperazine rings is 1. The van der Waals surface area contributed by atoms with Crippen molar-refractivity contribution in [3.05, 3.63) is 22.1 Å². The van der Waals surface area contributed by atoms with Crippen LogP contribution in [0.15, 0.2) is 10.9 Å². The number of hydrogen-bond donors (Lipinski definition) is 2. The second-order valence-corrected chi connectivity index (χ2v) is 5.39. The number of hydrogen-bond acceptors (Lipinski definition) is 5. The molecule has 0 radical (unpaired) electrons. The second-order valence-electron chi connectivity index (χ2n) is 5.39. The second kappa shape index (κ2) is 6.16. The van der Waals surface area contributed by atoms with Gasteiger partial charge < -0.3 is 15.1 Å². The van der Waals surface area contributed by atoms with Crippen molar-refractivity contribution in [3.8, 4) is 0 Å². The fourth-order valence-electron chi connectivity index (χ4n) is 2.06. The van der Waals surface area contributed by atoms with Crippen molar-refractivity contribution in [2.45, 2.75) is 26.4 Å². The summed E-state index contributed by atoms with van der Waals surface area (Å²) in [5, 5.41) is 3.28. The van der Waals surface area contributed by atoms with Crippen LogP contribution >= 0.6 is 0 Å². The van der Waals surface area contributed by atoms with Gasteiger partial charge in [-0.15, -0.1) is 0 Å². The lowest BCUT2D eigenvalue weighted by Gasteiger charge is -2.32. The zero-order valence-corrected chi connectivity index (χ0v) is 11.9. The van der Waals surface area contributed by atoms with E-state index in [1.54, 1.807) is 6.07 Å². The number of likely N-dealkylation sites (N-methyl/N-ethyl adjacent to an activating group) is 1. The highest BCUT2D eigenvalue weighted by molar-refractivity contribution is 5.31. The lowest BCUT2D eigenvalue weighted by atomic mass is 10.3. The van der Waals surface area contributed by atoms with Crippen molar-refractivity contribution in [2.24, 2.45) is 0 Å². The number of nitrogens with zero attached hydrogens (tertiary/aromatic N) is 3. The molecular weight excluding hydrogens is 242 g/mol. The van der Waals surface area contributed by atoms with Crippen LogP contribution in [0, 0.1) is 0 Å². The third-order valence-corrected chi connectivity index (χ3v) is 3.28. The maximum absolute atomic E-state index is 11.7. The highest BCUT2D eigenvalue weighted by atomic mass is 16.1. The van der Waals surface area contributed by atoms with Crippen LogP contribution in [0.5, 0.6) is 0 Å². The fourth-order valence-corrected chi connectivity index (χ4v) is 2.06. The predicted octanol–water partition coefficient (Wildman–Crippen LogP) is 0.0197. The fraction of sp³-hybridized carbons (Fsp3) is 0.692. The molecule has 0 atom stereocenters. The molecular formula is C13H23N5O. The molecule has 1 aliphatic heterocycles. The van der Waals surface area contributed by atoms with E-state index in [-0.39, 0.29) is 5.56 Å². The Kier molecular flexibility index (Phi) is 4.55. The van der Waals surface area contributed by atoms with Gasteiger partial charge in [0.25, 0.3) is 5.56 Å². The minimum Gasteiger partial charge on any atom is -0.340 e. The summed E-state index contributed by atoms with van der Waals surface area (Å²) < 4.78 is 0. The van der Waals surface area contributed by atoms with Crippen molar-refractivity contribution in [3.63, 3.8) is 0 Å². The number of anilines is 1. The first-order chi connectivity index (χ1) is 9.04. The molecule has 6 nitrogen and oxygen atoms in total. The molecule has 0 aromatic carbocycles. The van der Waals surface area contributed by atoms with Crippen molar-refractivity contribution in [1.82, 2.24) is 20.2 Å². The molecule has 106 valence electrons. The molecule has 1 saturated heterocycles. The smallest absolute Gasteiger partial charge is 0.252 e. The monoisotopic (exact) mass is 265 g/mol. The number of aromatic amines is 1. The average molecular weight is 265 g/mol. The van der Waals surface area contributed by atoms with Gasteiger partial charge in [-0.1, -0.05) is 13.8 Å². The average Bonchev–Trinajstić information content (AvgIpc) is 2.36. The van der Waals surface area contributed by atoms with Gasteiger partial charge in [0.15, 0.2) is 0 Å². The Balaban J connectivity index is 2.10. The highest BCUT2D eigenvalue weighted by Gasteiger charge is 2.16. The molecule has 0 amide bonds. The first kappa shape index (κ1) is 14.0. The number of H-pyrrole nitrogens is 1. The Labute approximate surface area is 113 Å². The van der Waals surface area contributed by atoms with Crippen LogP contribution < -0.4 is 15.8 Å². The van der Waals surface area contributed by atoms with Crippen LogP contribution in [-0.2, 0) is 6.54 Å². The molecule has 2 rings (SSSR count). The first-order valence-corrected chi connectivity index (χ1v) is 6.81. The summed E-state index contributed by atoms with van der Waals surface area (Å²) >= 11 is 0. The van der Waals surface area contributed by atoms with Crippen LogP contribution in [0.4, 0.5) is 5.95 Å². The van der Waals surface area contributed by atoms with Gasteiger partial charge in [-0.3, -0.25) is 9.78 Å². The van der Waals surface area contributed by atoms with Crippen molar-refractivity contribution in [1.29, 1.82) is 0 Å². The Bertz CT molecular complexity index is 462. The molecule has 2 N–H and O–H groups in total. The maximum atomic E-state index is 11.7. The molecule has 1 aliphatic rings. The van der Waals surface area contributed by atoms with Crippen LogP contribution in [0.1, 0.15) is 19.5 Å². The van der Waals surface area contributed by atoms with E-state index in [0.717, 1.165) is 31.9 Å². The minimum atomic E-state index is -0.0792. The Morgan fingerprint density at radius 2 is 2.05 bits per heavy atom. The van der Waals surface area contributed by atoms with E-state index in [9.17, 15) is 4.79 Å². The summed E-state index contributed by atoms with van der Waals surface area (Å²) in [6, 6.07) is 1.95. The van der Waals surface area contributed by atoms with Crippen molar-refractivity contribution in [2.75, 3.05) is 38.1 Å². The third kappa shape index (κ3) is 4.04. The molecule has 0 unspecified atom stereocenters. The lowest BCUT2D eigenvalue weighted by Crippen LogP contribution is -2.45. The quantitative estimate of drug-likeness (QED) is 0.803. The normalized spacial score (nSPS) is 17.2. The first-order valence-electron chi connectivity index (χ1n) is 6.81. The summed E-state index contributed by atoms with van der Waals surface area (Å²) in [5.41, 5.74) is 0.718. The van der Waals surface area contributed by atoms with Crippen molar-refractivity contribution < 1.29 is 0 Å². The SMILES string of the molecule is CC(C)NCc1cc(=O)[nH]c(N2CCN(C)CC2)n1. The van der Waals surface area contributed by atoms with Crippen molar-refractivity contribution >= 4 is 5.95 Å². The maximum Gasteiger partial charge on any atom is 0.252 e. The van der Waals surface area contributed by atoms with Gasteiger partial charge in [-0.05, 0) is 7.05 Å². The van der Waals surface area contributed by atoms with E-state index < -0.39 is 0 Å². The predicted molar refractivity (Wildman–Crippen MR) is 76.5 cm³/mol. The minimum absolute atomic E-state index is 0.0792. The zero-order valence-electron chi connectivity index (χ0n) is 11.9. The molecule has 19 heavy (non-hydrogen) atoms. The standard InChI is InChI=1S/C13H23N5O/c1-10(2)14-9-11-8-12(19)16-13(15-11)18-6-4-17(3)5-7-18/h8,10,14H,4-7,9H2,1-3H3,(H,15,16,19). The molecule has 0 bridgehead atoms. The van der Waals surface area contributed by atoms with Gasteiger partial charge in [0.2, 0.25) is 5.95 Å². The number of aromatic nitrogens is 2. The van der Waals surface area contributed by atoms with E-state index >= 15 is 0 Å². The molecule has 1 fully saturated rings. The summed E-state index contributed by atoms with van der Waals surface area (Å²) in [4.78, 5) is 23.5.